The van der Waals surface area contributed by atoms with Crippen molar-refractivity contribution in [2.45, 2.75) is 26.2 Å². The summed E-state index contributed by atoms with van der Waals surface area (Å²) in [6, 6.07) is 2.20. The Kier molecular flexibility index (Phi) is 3.52. The van der Waals surface area contributed by atoms with Crippen LogP contribution in [0.2, 0.25) is 0 Å². The van der Waals surface area contributed by atoms with Gasteiger partial charge >= 0.3 is 0 Å². The Morgan fingerprint density at radius 2 is 2.50 bits per heavy atom. The third kappa shape index (κ3) is 2.53. The highest BCUT2D eigenvalue weighted by molar-refractivity contribution is 7.07. The molecule has 0 bridgehead atoms. The molecule has 1 aromatic heterocycles. The lowest BCUT2D eigenvalue weighted by Gasteiger charge is -1.93. The number of unbranched alkanes of at least 4 members (excludes halogenated alkanes) is 2. The lowest BCUT2D eigenvalue weighted by Crippen LogP contribution is -1.80. The zero-order valence-corrected chi connectivity index (χ0v) is 7.16. The molecular weight excluding hydrogens is 140 g/mol. The van der Waals surface area contributed by atoms with Crippen molar-refractivity contribution in [3.8, 4) is 0 Å². The first-order valence-electron chi connectivity index (χ1n) is 3.76. The van der Waals surface area contributed by atoms with E-state index >= 15 is 0 Å². The summed E-state index contributed by atoms with van der Waals surface area (Å²) in [5, 5.41) is 4.37. The highest BCUT2D eigenvalue weighted by atomic mass is 32.1. The quantitative estimate of drug-likeness (QED) is 0.582. The summed E-state index contributed by atoms with van der Waals surface area (Å²) in [6.07, 6.45) is 5.98. The maximum absolute atomic E-state index is 2.33. The van der Waals surface area contributed by atoms with Gasteiger partial charge in [-0.1, -0.05) is 13.3 Å². The molecule has 55 valence electrons. The first kappa shape index (κ1) is 7.80. The van der Waals surface area contributed by atoms with Crippen LogP contribution in [-0.2, 0) is 6.42 Å². The Hall–Kier alpha value is -0.300. The van der Waals surface area contributed by atoms with Crippen LogP contribution in [0.4, 0.5) is 0 Å². The second kappa shape index (κ2) is 4.51. The van der Waals surface area contributed by atoms with E-state index in [4.69, 9.17) is 0 Å². The van der Waals surface area contributed by atoms with Crippen molar-refractivity contribution in [1.29, 1.82) is 0 Å². The maximum atomic E-state index is 2.33. The molecular formula is C9H13S. The average molecular weight is 153 g/mol. The molecule has 0 fully saturated rings. The molecule has 0 saturated carbocycles. The Morgan fingerprint density at radius 1 is 1.60 bits per heavy atom. The maximum Gasteiger partial charge on any atom is -0.00613 e. The molecule has 0 saturated heterocycles. The van der Waals surface area contributed by atoms with Gasteiger partial charge in [0.15, 0.2) is 0 Å². The van der Waals surface area contributed by atoms with E-state index in [1.807, 2.05) is 0 Å². The Morgan fingerprint density at radius 3 is 3.10 bits per heavy atom. The highest BCUT2D eigenvalue weighted by Gasteiger charge is 1.91. The summed E-state index contributed by atoms with van der Waals surface area (Å²) in [5.41, 5.74) is 1.48. The largest absolute Gasteiger partial charge is 0.152 e. The van der Waals surface area contributed by atoms with Gasteiger partial charge in [0, 0.05) is 0 Å². The number of thiophene rings is 1. The summed E-state index contributed by atoms with van der Waals surface area (Å²) in [5.74, 6) is 0. The van der Waals surface area contributed by atoms with Crippen molar-refractivity contribution in [2.75, 3.05) is 0 Å². The molecule has 0 unspecified atom stereocenters. The first-order valence-corrected chi connectivity index (χ1v) is 4.70. The molecule has 0 N–H and O–H groups in total. The smallest absolute Gasteiger partial charge is 0.00613 e. The topological polar surface area (TPSA) is 0 Å². The lowest BCUT2D eigenvalue weighted by atomic mass is 10.1. The first-order chi connectivity index (χ1) is 4.93. The van der Waals surface area contributed by atoms with Gasteiger partial charge in [-0.05, 0) is 41.7 Å². The van der Waals surface area contributed by atoms with Crippen LogP contribution in [0.25, 0.3) is 0 Å². The van der Waals surface area contributed by atoms with Gasteiger partial charge in [0.2, 0.25) is 0 Å². The molecule has 0 aliphatic rings. The monoisotopic (exact) mass is 153 g/mol. The summed E-state index contributed by atoms with van der Waals surface area (Å²) in [7, 11) is 0. The molecule has 0 amide bonds. The third-order valence-corrected chi connectivity index (χ3v) is 2.24. The van der Waals surface area contributed by atoms with Crippen molar-refractivity contribution in [1.82, 2.24) is 0 Å². The van der Waals surface area contributed by atoms with Gasteiger partial charge in [-0.15, -0.1) is 0 Å². The van der Waals surface area contributed by atoms with E-state index < -0.39 is 0 Å². The fourth-order valence-electron chi connectivity index (χ4n) is 0.908. The van der Waals surface area contributed by atoms with Gasteiger partial charge in [-0.3, -0.25) is 0 Å². The Labute approximate surface area is 66.9 Å². The molecule has 1 heteroatoms. The van der Waals surface area contributed by atoms with Crippen LogP contribution in [0.15, 0.2) is 16.8 Å². The summed E-state index contributed by atoms with van der Waals surface area (Å²) in [6.45, 7) is 2.19. The predicted molar refractivity (Wildman–Crippen MR) is 47.2 cm³/mol. The number of rotatable bonds is 4. The van der Waals surface area contributed by atoms with Crippen molar-refractivity contribution >= 4 is 11.3 Å². The zero-order chi connectivity index (χ0) is 7.23. The number of hydrogen-bond acceptors (Lipinski definition) is 1. The molecule has 0 aromatic carbocycles. The van der Waals surface area contributed by atoms with E-state index in [-0.39, 0.29) is 0 Å². The second-order valence-electron chi connectivity index (χ2n) is 2.37. The predicted octanol–water partition coefficient (Wildman–Crippen LogP) is 3.29. The number of hydrogen-bond donors (Lipinski definition) is 0. The minimum atomic E-state index is 1.20. The van der Waals surface area contributed by atoms with E-state index in [2.05, 4.69) is 30.2 Å². The second-order valence-corrected chi connectivity index (χ2v) is 3.15. The van der Waals surface area contributed by atoms with Gasteiger partial charge in [0.1, 0.15) is 0 Å². The Bertz CT molecular complexity index is 153. The molecule has 10 heavy (non-hydrogen) atoms. The van der Waals surface area contributed by atoms with E-state index in [1.54, 1.807) is 11.3 Å². The van der Waals surface area contributed by atoms with E-state index in [0.29, 0.717) is 0 Å². The van der Waals surface area contributed by atoms with Crippen molar-refractivity contribution in [3.63, 3.8) is 0 Å². The molecule has 1 heterocycles. The zero-order valence-electron chi connectivity index (χ0n) is 6.34. The fraction of sp³-hybridized carbons (Fsp3) is 0.444. The molecule has 1 aromatic rings. The minimum Gasteiger partial charge on any atom is -0.152 e. The van der Waals surface area contributed by atoms with Gasteiger partial charge in [-0.25, -0.2) is 0 Å². The van der Waals surface area contributed by atoms with Crippen LogP contribution < -0.4 is 0 Å². The molecule has 0 atom stereocenters. The molecule has 0 spiro atoms. The SMILES string of the molecule is CC[CH]CCc1ccsc1. The summed E-state index contributed by atoms with van der Waals surface area (Å²) in [4.78, 5) is 0. The van der Waals surface area contributed by atoms with Crippen molar-refractivity contribution in [2.24, 2.45) is 0 Å². The van der Waals surface area contributed by atoms with Crippen LogP contribution in [0.3, 0.4) is 0 Å². The van der Waals surface area contributed by atoms with E-state index in [1.165, 1.54) is 24.8 Å². The summed E-state index contributed by atoms with van der Waals surface area (Å²) < 4.78 is 0. The normalized spacial score (nSPS) is 10.1. The highest BCUT2D eigenvalue weighted by Crippen LogP contribution is 2.09. The average Bonchev–Trinajstić information content (AvgIpc) is 2.41. The van der Waals surface area contributed by atoms with E-state index in [0.717, 1.165) is 0 Å². The molecule has 1 rings (SSSR count). The molecule has 0 aliphatic heterocycles. The minimum absolute atomic E-state index is 1.20. The van der Waals surface area contributed by atoms with Gasteiger partial charge in [0.05, 0.1) is 0 Å². The van der Waals surface area contributed by atoms with Crippen LogP contribution in [0.1, 0.15) is 25.3 Å². The van der Waals surface area contributed by atoms with Crippen LogP contribution in [0.5, 0.6) is 0 Å². The molecule has 1 radical (unpaired) electrons. The van der Waals surface area contributed by atoms with Crippen LogP contribution in [-0.4, -0.2) is 0 Å². The van der Waals surface area contributed by atoms with Gasteiger partial charge in [-0.2, -0.15) is 11.3 Å². The number of aryl methyl sites for hydroxylation is 1. The standard InChI is InChI=1S/C9H13S/c1-2-3-4-5-9-6-7-10-8-9/h3,6-8H,2,4-5H2,1H3. The molecule has 0 nitrogen and oxygen atoms in total. The fourth-order valence-corrected chi connectivity index (χ4v) is 1.61. The van der Waals surface area contributed by atoms with Crippen LogP contribution >= 0.6 is 11.3 Å². The van der Waals surface area contributed by atoms with Gasteiger partial charge < -0.3 is 0 Å². The van der Waals surface area contributed by atoms with Crippen molar-refractivity contribution < 1.29 is 0 Å². The van der Waals surface area contributed by atoms with E-state index in [9.17, 15) is 0 Å². The third-order valence-electron chi connectivity index (χ3n) is 1.51. The van der Waals surface area contributed by atoms with Crippen LogP contribution in [0, 0.1) is 6.42 Å². The Balaban J connectivity index is 2.15. The summed E-state index contributed by atoms with van der Waals surface area (Å²) >= 11 is 1.78. The lowest BCUT2D eigenvalue weighted by molar-refractivity contribution is 0.881. The molecule has 0 aliphatic carbocycles. The van der Waals surface area contributed by atoms with Crippen molar-refractivity contribution in [3.05, 3.63) is 28.8 Å². The van der Waals surface area contributed by atoms with Gasteiger partial charge in [0.25, 0.3) is 0 Å².